The lowest BCUT2D eigenvalue weighted by molar-refractivity contribution is -0.291. The minimum absolute atomic E-state index is 0.103. The summed E-state index contributed by atoms with van der Waals surface area (Å²) in [4.78, 5) is 12.3. The quantitative estimate of drug-likeness (QED) is 0.645. The zero-order valence-electron chi connectivity index (χ0n) is 15.1. The Hall–Kier alpha value is -2.83. The highest BCUT2D eigenvalue weighted by Gasteiger charge is 2.70. The lowest BCUT2D eigenvalue weighted by Gasteiger charge is -2.49. The first kappa shape index (κ1) is 21.9. The van der Waals surface area contributed by atoms with Gasteiger partial charge in [0, 0.05) is 0 Å². The largest absolute Gasteiger partial charge is 0.443 e. The fourth-order valence-corrected chi connectivity index (χ4v) is 3.03. The Balaban J connectivity index is 1.93. The first-order valence-electron chi connectivity index (χ1n) is 8.54. The third-order valence-corrected chi connectivity index (χ3v) is 4.43. The number of hydrogen-bond donors (Lipinski definition) is 3. The molecule has 0 saturated carbocycles. The summed E-state index contributed by atoms with van der Waals surface area (Å²) in [6, 6.07) is 10.5. The Morgan fingerprint density at radius 1 is 0.967 bits per heavy atom. The first-order chi connectivity index (χ1) is 14.1. The maximum absolute atomic E-state index is 14.1. The molecule has 1 heterocycles. The van der Waals surface area contributed by atoms with E-state index in [1.807, 2.05) is 0 Å². The van der Waals surface area contributed by atoms with Gasteiger partial charge in [-0.05, 0) is 11.1 Å². The van der Waals surface area contributed by atoms with Crippen molar-refractivity contribution in [1.82, 2.24) is 21.5 Å². The molecule has 0 spiro atoms. The molecule has 2 aromatic rings. The third kappa shape index (κ3) is 4.20. The SMILES string of the molecule is O=C(OCc1ccccc1)N1NNC(C(F)(F)F)C(c2ccccc2)(C(F)(F)F)N1. The molecule has 6 nitrogen and oxygen atoms in total. The minimum atomic E-state index is -5.46. The van der Waals surface area contributed by atoms with Crippen LogP contribution in [0.5, 0.6) is 0 Å². The lowest BCUT2D eigenvalue weighted by Crippen LogP contribution is -2.82. The maximum Gasteiger partial charge on any atom is 0.440 e. The van der Waals surface area contributed by atoms with Crippen molar-refractivity contribution in [1.29, 1.82) is 0 Å². The van der Waals surface area contributed by atoms with Gasteiger partial charge >= 0.3 is 18.4 Å². The average Bonchev–Trinajstić information content (AvgIpc) is 2.71. The minimum Gasteiger partial charge on any atom is -0.443 e. The van der Waals surface area contributed by atoms with E-state index in [0.29, 0.717) is 5.56 Å². The number of amides is 1. The van der Waals surface area contributed by atoms with Crippen LogP contribution < -0.4 is 16.4 Å². The summed E-state index contributed by atoms with van der Waals surface area (Å²) < 4.78 is 88.0. The standard InChI is InChI=1S/C18H16F6N4O2/c19-17(20,21)14-16(18(22,23)24,13-9-5-2-6-10-13)26-28(27-25-14)15(29)30-11-12-7-3-1-4-8-12/h1-10,14,25-27H,11H2. The Bertz CT molecular complexity index is 862. The highest BCUT2D eigenvalue weighted by molar-refractivity contribution is 5.66. The van der Waals surface area contributed by atoms with Gasteiger partial charge in [-0.2, -0.15) is 36.9 Å². The summed E-state index contributed by atoms with van der Waals surface area (Å²) in [7, 11) is 0. The number of ether oxygens (including phenoxy) is 1. The lowest BCUT2D eigenvalue weighted by atomic mass is 9.81. The zero-order valence-corrected chi connectivity index (χ0v) is 15.1. The monoisotopic (exact) mass is 434 g/mol. The molecule has 0 aliphatic carbocycles. The Labute approximate surface area is 166 Å². The first-order valence-corrected chi connectivity index (χ1v) is 8.54. The summed E-state index contributed by atoms with van der Waals surface area (Å²) in [6.45, 7) is -0.299. The Morgan fingerprint density at radius 3 is 2.07 bits per heavy atom. The molecule has 1 aliphatic rings. The molecule has 3 N–H and O–H groups in total. The summed E-state index contributed by atoms with van der Waals surface area (Å²) in [5, 5.41) is 0.103. The number of nitrogens with one attached hydrogen (secondary N) is 3. The molecule has 2 atom stereocenters. The average molecular weight is 434 g/mol. The van der Waals surface area contributed by atoms with Crippen molar-refractivity contribution < 1.29 is 35.9 Å². The van der Waals surface area contributed by atoms with Crippen LogP contribution in [0.2, 0.25) is 0 Å². The van der Waals surface area contributed by atoms with Crippen LogP contribution in [0.4, 0.5) is 31.1 Å². The summed E-state index contributed by atoms with van der Waals surface area (Å²) in [5.74, 6) is 0. The maximum atomic E-state index is 14.1. The van der Waals surface area contributed by atoms with Crippen LogP contribution in [0.25, 0.3) is 0 Å². The van der Waals surface area contributed by atoms with E-state index in [9.17, 15) is 31.1 Å². The molecular weight excluding hydrogens is 418 g/mol. The second-order valence-electron chi connectivity index (χ2n) is 6.39. The Kier molecular flexibility index (Phi) is 5.92. The second kappa shape index (κ2) is 8.13. The van der Waals surface area contributed by atoms with Gasteiger partial charge in [0.1, 0.15) is 6.61 Å². The highest BCUT2D eigenvalue weighted by Crippen LogP contribution is 2.47. The molecule has 3 rings (SSSR count). The molecular formula is C18H16F6N4O2. The third-order valence-electron chi connectivity index (χ3n) is 4.43. The van der Waals surface area contributed by atoms with E-state index < -0.39 is 35.6 Å². The van der Waals surface area contributed by atoms with Crippen LogP contribution in [0, 0.1) is 0 Å². The molecule has 0 aromatic heterocycles. The number of carbonyl (C=O) groups is 1. The van der Waals surface area contributed by atoms with Crippen molar-refractivity contribution in [2.75, 3.05) is 0 Å². The topological polar surface area (TPSA) is 65.6 Å². The fourth-order valence-electron chi connectivity index (χ4n) is 3.03. The predicted octanol–water partition coefficient (Wildman–Crippen LogP) is 3.54. The summed E-state index contributed by atoms with van der Waals surface area (Å²) >= 11 is 0. The van der Waals surface area contributed by atoms with E-state index in [1.165, 1.54) is 6.07 Å². The molecule has 162 valence electrons. The van der Waals surface area contributed by atoms with Gasteiger partial charge in [0.25, 0.3) is 0 Å². The summed E-state index contributed by atoms with van der Waals surface area (Å²) in [6.07, 6.45) is -12.1. The molecule has 2 unspecified atom stereocenters. The van der Waals surface area contributed by atoms with Crippen LogP contribution in [0.3, 0.4) is 0 Å². The van der Waals surface area contributed by atoms with Crippen LogP contribution in [0.1, 0.15) is 11.1 Å². The van der Waals surface area contributed by atoms with E-state index in [-0.39, 0.29) is 11.7 Å². The number of alkyl halides is 6. The van der Waals surface area contributed by atoms with Crippen molar-refractivity contribution in [3.63, 3.8) is 0 Å². The van der Waals surface area contributed by atoms with Crippen molar-refractivity contribution in [3.05, 3.63) is 71.8 Å². The number of halogens is 6. The molecule has 1 fully saturated rings. The molecule has 0 bridgehead atoms. The van der Waals surface area contributed by atoms with Crippen LogP contribution in [0.15, 0.2) is 60.7 Å². The van der Waals surface area contributed by atoms with Crippen molar-refractivity contribution >= 4 is 6.09 Å². The molecule has 0 radical (unpaired) electrons. The second-order valence-corrected chi connectivity index (χ2v) is 6.39. The van der Waals surface area contributed by atoms with E-state index in [1.54, 1.807) is 46.7 Å². The van der Waals surface area contributed by atoms with Gasteiger partial charge in [0.15, 0.2) is 11.6 Å². The van der Waals surface area contributed by atoms with Crippen molar-refractivity contribution in [3.8, 4) is 0 Å². The van der Waals surface area contributed by atoms with Gasteiger partial charge in [-0.15, -0.1) is 5.53 Å². The number of hydrazine groups is 3. The van der Waals surface area contributed by atoms with Gasteiger partial charge in [-0.1, -0.05) is 60.7 Å². The van der Waals surface area contributed by atoms with E-state index in [0.717, 1.165) is 24.3 Å². The normalized spacial score (nSPS) is 22.6. The van der Waals surface area contributed by atoms with Gasteiger partial charge < -0.3 is 4.74 Å². The van der Waals surface area contributed by atoms with Gasteiger partial charge in [-0.25, -0.2) is 10.2 Å². The van der Waals surface area contributed by atoms with E-state index >= 15 is 0 Å². The van der Waals surface area contributed by atoms with Crippen molar-refractivity contribution in [2.24, 2.45) is 0 Å². The van der Waals surface area contributed by atoms with Crippen LogP contribution in [-0.2, 0) is 16.9 Å². The predicted molar refractivity (Wildman–Crippen MR) is 91.9 cm³/mol. The molecule has 2 aromatic carbocycles. The molecule has 1 amide bonds. The van der Waals surface area contributed by atoms with Crippen LogP contribution in [-0.4, -0.2) is 29.6 Å². The van der Waals surface area contributed by atoms with Gasteiger partial charge in [-0.3, -0.25) is 0 Å². The molecule has 30 heavy (non-hydrogen) atoms. The highest BCUT2D eigenvalue weighted by atomic mass is 19.4. The number of carbonyl (C=O) groups excluding carboxylic acids is 1. The number of nitrogens with zero attached hydrogens (tertiary/aromatic N) is 1. The van der Waals surface area contributed by atoms with Gasteiger partial charge in [0.05, 0.1) is 0 Å². The van der Waals surface area contributed by atoms with E-state index in [2.05, 4.69) is 0 Å². The van der Waals surface area contributed by atoms with Gasteiger partial charge in [0.2, 0.25) is 0 Å². The van der Waals surface area contributed by atoms with E-state index in [4.69, 9.17) is 4.74 Å². The molecule has 1 saturated heterocycles. The molecule has 1 aliphatic heterocycles. The zero-order chi connectivity index (χ0) is 22.0. The smallest absolute Gasteiger partial charge is 0.440 e. The number of hydrogen-bond acceptors (Lipinski definition) is 5. The summed E-state index contributed by atoms with van der Waals surface area (Å²) in [5.41, 5.74) is 1.08. The Morgan fingerprint density at radius 2 is 1.53 bits per heavy atom. The number of rotatable bonds is 3. The van der Waals surface area contributed by atoms with Crippen LogP contribution >= 0.6 is 0 Å². The fraction of sp³-hybridized carbons (Fsp3) is 0.278. The molecule has 12 heteroatoms. The van der Waals surface area contributed by atoms with Crippen molar-refractivity contribution in [2.45, 2.75) is 30.5 Å². The number of benzene rings is 2.